The van der Waals surface area contributed by atoms with Gasteiger partial charge in [0.25, 0.3) is 0 Å². The molecule has 0 amide bonds. The minimum absolute atomic E-state index is 0.290. The molecule has 8 rings (SSSR count). The molecule has 1 aliphatic rings. The number of aliphatic imine (C=N–C) groups is 1. The third-order valence-electron chi connectivity index (χ3n) is 8.31. The predicted molar refractivity (Wildman–Crippen MR) is 167 cm³/mol. The van der Waals surface area contributed by atoms with Gasteiger partial charge in [0.2, 0.25) is 0 Å². The maximum absolute atomic E-state index is 5.39. The molecular formula is C37H27N3. The van der Waals surface area contributed by atoms with E-state index in [0.717, 1.165) is 44.9 Å². The number of aromatic nitrogens is 2. The van der Waals surface area contributed by atoms with E-state index in [2.05, 4.69) is 146 Å². The van der Waals surface area contributed by atoms with E-state index in [1.54, 1.807) is 0 Å². The lowest BCUT2D eigenvalue weighted by Crippen LogP contribution is -2.27. The molecule has 0 fully saturated rings. The first-order chi connectivity index (χ1) is 19.6. The average Bonchev–Trinajstić information content (AvgIpc) is 3.48. The third kappa shape index (κ3) is 3.24. The van der Waals surface area contributed by atoms with E-state index in [1.165, 1.54) is 27.2 Å². The van der Waals surface area contributed by atoms with Crippen LogP contribution in [0.5, 0.6) is 0 Å². The first-order valence-electron chi connectivity index (χ1n) is 13.8. The van der Waals surface area contributed by atoms with E-state index < -0.39 is 0 Å². The highest BCUT2D eigenvalue weighted by molar-refractivity contribution is 6.19. The smallest absolute Gasteiger partial charge is 0.138 e. The molecule has 190 valence electrons. The molecular weight excluding hydrogens is 486 g/mol. The normalized spacial score (nSPS) is 14.1. The van der Waals surface area contributed by atoms with Crippen molar-refractivity contribution in [3.8, 4) is 17.1 Å². The van der Waals surface area contributed by atoms with E-state index in [9.17, 15) is 0 Å². The molecule has 2 aromatic heterocycles. The van der Waals surface area contributed by atoms with Gasteiger partial charge in [-0.15, -0.1) is 0 Å². The van der Waals surface area contributed by atoms with Crippen LogP contribution in [0, 0.1) is 0 Å². The molecule has 0 unspecified atom stereocenters. The molecule has 3 heteroatoms. The Hall–Kier alpha value is -5.02. The summed E-state index contributed by atoms with van der Waals surface area (Å²) in [7, 11) is 0. The van der Waals surface area contributed by atoms with Gasteiger partial charge in [-0.1, -0.05) is 109 Å². The van der Waals surface area contributed by atoms with E-state index >= 15 is 0 Å². The highest BCUT2D eigenvalue weighted by Crippen LogP contribution is 2.48. The maximum Gasteiger partial charge on any atom is 0.138 e. The van der Waals surface area contributed by atoms with Gasteiger partial charge in [-0.05, 0) is 43.0 Å². The van der Waals surface area contributed by atoms with Crippen LogP contribution in [0.4, 0.5) is 5.69 Å². The summed E-state index contributed by atoms with van der Waals surface area (Å²) in [5, 5.41) is 4.77. The Balaban J connectivity index is 1.48. The Bertz CT molecular complexity index is 2120. The molecule has 0 aliphatic carbocycles. The van der Waals surface area contributed by atoms with E-state index in [-0.39, 0.29) is 5.41 Å². The number of para-hydroxylation sites is 1. The zero-order valence-corrected chi connectivity index (χ0v) is 22.5. The summed E-state index contributed by atoms with van der Waals surface area (Å²) < 4.78 is 2.37. The summed E-state index contributed by atoms with van der Waals surface area (Å²) in [6.45, 7) is 4.60. The van der Waals surface area contributed by atoms with Crippen LogP contribution < -0.4 is 0 Å². The van der Waals surface area contributed by atoms with Crippen LogP contribution in [0.2, 0.25) is 0 Å². The molecule has 0 N–H and O–H groups in total. The molecule has 0 radical (unpaired) electrons. The van der Waals surface area contributed by atoms with Crippen LogP contribution >= 0.6 is 0 Å². The van der Waals surface area contributed by atoms with Crippen molar-refractivity contribution in [1.29, 1.82) is 0 Å². The second-order valence-corrected chi connectivity index (χ2v) is 11.1. The van der Waals surface area contributed by atoms with Crippen LogP contribution in [0.25, 0.3) is 49.7 Å². The lowest BCUT2D eigenvalue weighted by atomic mass is 9.78. The van der Waals surface area contributed by atoms with Crippen molar-refractivity contribution in [3.05, 3.63) is 139 Å². The van der Waals surface area contributed by atoms with Crippen LogP contribution in [0.3, 0.4) is 0 Å². The Morgan fingerprint density at radius 3 is 2.02 bits per heavy atom. The molecule has 0 atom stereocenters. The SMILES string of the molecule is CC1(C)C(c2ccccc2)=Nc2ccc3c4ccccc4n(-c4cc5ccccc5c(-c5ccccc5)n4)c3c21. The van der Waals surface area contributed by atoms with Crippen molar-refractivity contribution in [3.63, 3.8) is 0 Å². The zero-order valence-electron chi connectivity index (χ0n) is 22.5. The monoisotopic (exact) mass is 513 g/mol. The Morgan fingerprint density at radius 1 is 0.600 bits per heavy atom. The standard InChI is InChI=1S/C37H27N3/c1-37(2)33-30(38-36(37)25-15-7-4-8-16-25)22-21-29-28-19-11-12-20-31(28)40(35(29)33)32-23-26-17-9-10-18-27(26)34(39-32)24-13-5-3-6-14-24/h3-23H,1-2H3. The fraction of sp³-hybridized carbons (Fsp3) is 0.0811. The highest BCUT2D eigenvalue weighted by Gasteiger charge is 2.39. The van der Waals surface area contributed by atoms with Crippen molar-refractivity contribution in [2.45, 2.75) is 19.3 Å². The molecule has 0 spiro atoms. The van der Waals surface area contributed by atoms with Gasteiger partial charge in [-0.3, -0.25) is 9.56 Å². The second-order valence-electron chi connectivity index (χ2n) is 11.1. The molecule has 7 aromatic rings. The summed E-state index contributed by atoms with van der Waals surface area (Å²) in [4.78, 5) is 10.6. The first kappa shape index (κ1) is 22.9. The summed E-state index contributed by atoms with van der Waals surface area (Å²) in [5.74, 6) is 0.918. The summed E-state index contributed by atoms with van der Waals surface area (Å²) in [5.41, 5.74) is 8.69. The molecule has 0 saturated heterocycles. The topological polar surface area (TPSA) is 30.2 Å². The Morgan fingerprint density at radius 2 is 1.25 bits per heavy atom. The molecule has 0 saturated carbocycles. The molecule has 3 heterocycles. The van der Waals surface area contributed by atoms with Gasteiger partial charge in [0, 0.05) is 32.7 Å². The van der Waals surface area contributed by atoms with Crippen LogP contribution in [-0.4, -0.2) is 15.3 Å². The molecule has 1 aliphatic heterocycles. The van der Waals surface area contributed by atoms with E-state index in [0.29, 0.717) is 0 Å². The number of pyridine rings is 1. The Labute approximate surface area is 233 Å². The van der Waals surface area contributed by atoms with Gasteiger partial charge in [0.15, 0.2) is 0 Å². The summed E-state index contributed by atoms with van der Waals surface area (Å²) in [6, 6.07) is 45.0. The van der Waals surface area contributed by atoms with Crippen molar-refractivity contribution >= 4 is 44.0 Å². The number of hydrogen-bond donors (Lipinski definition) is 0. The predicted octanol–water partition coefficient (Wildman–Crippen LogP) is 9.41. The number of fused-ring (bicyclic) bond motifs is 6. The van der Waals surface area contributed by atoms with Gasteiger partial charge in [0.1, 0.15) is 5.82 Å². The fourth-order valence-corrected chi connectivity index (χ4v) is 6.51. The zero-order chi connectivity index (χ0) is 26.8. The number of hydrogen-bond acceptors (Lipinski definition) is 2. The summed E-state index contributed by atoms with van der Waals surface area (Å²) >= 11 is 0. The molecule has 0 bridgehead atoms. The van der Waals surface area contributed by atoms with Crippen molar-refractivity contribution in [2.75, 3.05) is 0 Å². The minimum atomic E-state index is -0.290. The highest BCUT2D eigenvalue weighted by atomic mass is 15.1. The van der Waals surface area contributed by atoms with Gasteiger partial charge in [0.05, 0.1) is 28.1 Å². The van der Waals surface area contributed by atoms with E-state index in [1.807, 2.05) is 0 Å². The van der Waals surface area contributed by atoms with E-state index in [4.69, 9.17) is 9.98 Å². The number of benzene rings is 5. The van der Waals surface area contributed by atoms with Gasteiger partial charge < -0.3 is 0 Å². The largest absolute Gasteiger partial charge is 0.293 e. The lowest BCUT2D eigenvalue weighted by molar-refractivity contribution is 0.741. The number of rotatable bonds is 3. The summed E-state index contributed by atoms with van der Waals surface area (Å²) in [6.07, 6.45) is 0. The van der Waals surface area contributed by atoms with Crippen molar-refractivity contribution in [1.82, 2.24) is 9.55 Å². The average molecular weight is 514 g/mol. The van der Waals surface area contributed by atoms with Crippen LogP contribution in [0.15, 0.2) is 132 Å². The first-order valence-corrected chi connectivity index (χ1v) is 13.8. The van der Waals surface area contributed by atoms with Crippen LogP contribution in [0.1, 0.15) is 25.0 Å². The van der Waals surface area contributed by atoms with Gasteiger partial charge in [-0.25, -0.2) is 4.98 Å². The van der Waals surface area contributed by atoms with Crippen LogP contribution in [-0.2, 0) is 5.41 Å². The minimum Gasteiger partial charge on any atom is -0.293 e. The quantitative estimate of drug-likeness (QED) is 0.231. The third-order valence-corrected chi connectivity index (χ3v) is 8.31. The molecule has 5 aromatic carbocycles. The molecule has 3 nitrogen and oxygen atoms in total. The fourth-order valence-electron chi connectivity index (χ4n) is 6.51. The van der Waals surface area contributed by atoms with Gasteiger partial charge >= 0.3 is 0 Å². The molecule has 40 heavy (non-hydrogen) atoms. The second kappa shape index (κ2) is 8.49. The Kier molecular flexibility index (Phi) is 4.86. The lowest BCUT2D eigenvalue weighted by Gasteiger charge is -2.24. The van der Waals surface area contributed by atoms with Crippen molar-refractivity contribution < 1.29 is 0 Å². The van der Waals surface area contributed by atoms with Crippen molar-refractivity contribution in [2.24, 2.45) is 4.99 Å². The maximum atomic E-state index is 5.39. The number of nitrogens with zero attached hydrogens (tertiary/aromatic N) is 3. The van der Waals surface area contributed by atoms with Gasteiger partial charge in [-0.2, -0.15) is 0 Å².